The van der Waals surface area contributed by atoms with Gasteiger partial charge in [-0.05, 0) is 54.8 Å². The molecule has 1 saturated heterocycles. The van der Waals surface area contributed by atoms with Crippen LogP contribution in [-0.4, -0.2) is 56.8 Å². The van der Waals surface area contributed by atoms with Crippen molar-refractivity contribution in [1.29, 1.82) is 0 Å². The highest BCUT2D eigenvalue weighted by molar-refractivity contribution is 7.92. The molecule has 41 heavy (non-hydrogen) atoms. The Labute approximate surface area is 247 Å². The van der Waals surface area contributed by atoms with E-state index in [1.54, 1.807) is 47.4 Å². The van der Waals surface area contributed by atoms with E-state index >= 15 is 0 Å². The van der Waals surface area contributed by atoms with Crippen LogP contribution in [0.4, 0.5) is 5.69 Å². The number of anilines is 1. The minimum Gasteiger partial charge on any atom is -0.339 e. The van der Waals surface area contributed by atoms with Crippen molar-refractivity contribution in [3.05, 3.63) is 130 Å². The van der Waals surface area contributed by atoms with E-state index in [0.29, 0.717) is 36.9 Å². The molecule has 4 aromatic rings. The van der Waals surface area contributed by atoms with E-state index in [1.807, 2.05) is 50.2 Å². The van der Waals surface area contributed by atoms with Crippen molar-refractivity contribution in [3.63, 3.8) is 0 Å². The van der Waals surface area contributed by atoms with Gasteiger partial charge in [0, 0.05) is 31.2 Å². The van der Waals surface area contributed by atoms with E-state index < -0.39 is 10.0 Å². The van der Waals surface area contributed by atoms with E-state index in [0.717, 1.165) is 11.1 Å². The number of hydrogen-bond acceptors (Lipinski definition) is 4. The molecule has 1 amide bonds. The number of halogens is 1. The zero-order valence-electron chi connectivity index (χ0n) is 23.3. The highest BCUT2D eigenvalue weighted by Crippen LogP contribution is 2.31. The van der Waals surface area contributed by atoms with Crippen molar-refractivity contribution in [3.8, 4) is 0 Å². The molecule has 1 aliphatic heterocycles. The summed E-state index contributed by atoms with van der Waals surface area (Å²) in [5.41, 5.74) is 4.47. The van der Waals surface area contributed by atoms with Gasteiger partial charge in [0.05, 0.1) is 16.6 Å². The number of hydrogen-bond donors (Lipinski definition) is 0. The summed E-state index contributed by atoms with van der Waals surface area (Å²) in [5, 5.41) is 0.406. The average Bonchev–Trinajstić information content (AvgIpc) is 2.99. The molecule has 6 nitrogen and oxygen atoms in total. The largest absolute Gasteiger partial charge is 0.339 e. The fourth-order valence-corrected chi connectivity index (χ4v) is 6.96. The molecule has 212 valence electrons. The van der Waals surface area contributed by atoms with E-state index in [1.165, 1.54) is 15.4 Å². The molecule has 1 aliphatic rings. The highest BCUT2D eigenvalue weighted by Gasteiger charge is 2.33. The van der Waals surface area contributed by atoms with Crippen LogP contribution in [0.2, 0.25) is 5.02 Å². The van der Waals surface area contributed by atoms with E-state index in [9.17, 15) is 13.2 Å². The molecule has 1 fully saturated rings. The van der Waals surface area contributed by atoms with E-state index in [-0.39, 0.29) is 23.4 Å². The smallest absolute Gasteiger partial charge is 0.264 e. The first-order chi connectivity index (χ1) is 19.7. The number of carbonyl (C=O) groups excluding carboxylic acids is 1. The molecule has 4 aromatic carbocycles. The van der Waals surface area contributed by atoms with Crippen LogP contribution >= 0.6 is 11.6 Å². The summed E-state index contributed by atoms with van der Waals surface area (Å²) in [5.74, 6) is -0.240. The van der Waals surface area contributed by atoms with Crippen molar-refractivity contribution >= 4 is 33.2 Å². The lowest BCUT2D eigenvalue weighted by atomic mass is 9.96. The predicted molar refractivity (Wildman–Crippen MR) is 165 cm³/mol. The second-order valence-electron chi connectivity index (χ2n) is 10.4. The van der Waals surface area contributed by atoms with E-state index in [2.05, 4.69) is 29.2 Å². The van der Waals surface area contributed by atoms with Gasteiger partial charge in [-0.1, -0.05) is 96.0 Å². The van der Waals surface area contributed by atoms with Crippen molar-refractivity contribution in [1.82, 2.24) is 9.80 Å². The Kier molecular flexibility index (Phi) is 8.78. The monoisotopic (exact) mass is 587 g/mol. The van der Waals surface area contributed by atoms with Gasteiger partial charge in [-0.3, -0.25) is 14.0 Å². The first-order valence-corrected chi connectivity index (χ1v) is 15.5. The molecule has 0 saturated carbocycles. The Morgan fingerprint density at radius 2 is 1.37 bits per heavy atom. The molecule has 0 bridgehead atoms. The average molecular weight is 588 g/mol. The standard InChI is InChI=1S/C33H34ClN3O3S/c1-25-13-17-30(18-14-25)41(39,40)37(31-23-29(34)16-15-26(31)2)24-32(38)35-19-21-36(22-20-35)33(27-9-5-3-6-10-27)28-11-7-4-8-12-28/h3-18,23,33H,19-22,24H2,1-2H3. The molecule has 0 radical (unpaired) electrons. The number of carbonyl (C=O) groups is 1. The third-order valence-corrected chi connectivity index (χ3v) is 9.60. The zero-order valence-corrected chi connectivity index (χ0v) is 24.9. The summed E-state index contributed by atoms with van der Waals surface area (Å²) in [6, 6.07) is 32.6. The van der Waals surface area contributed by atoms with Crippen molar-refractivity contribution < 1.29 is 13.2 Å². The number of nitrogens with zero attached hydrogens (tertiary/aromatic N) is 3. The molecule has 0 atom stereocenters. The van der Waals surface area contributed by atoms with Gasteiger partial charge in [0.25, 0.3) is 10.0 Å². The molecule has 8 heteroatoms. The van der Waals surface area contributed by atoms with Crippen LogP contribution in [0.25, 0.3) is 0 Å². The quantitative estimate of drug-likeness (QED) is 0.250. The van der Waals surface area contributed by atoms with Crippen LogP contribution in [-0.2, 0) is 14.8 Å². The maximum Gasteiger partial charge on any atom is 0.264 e. The number of rotatable bonds is 8. The summed E-state index contributed by atoms with van der Waals surface area (Å²) < 4.78 is 29.0. The lowest BCUT2D eigenvalue weighted by molar-refractivity contribution is -0.131. The molecule has 0 aromatic heterocycles. The maximum absolute atomic E-state index is 13.9. The molecule has 0 spiro atoms. The summed E-state index contributed by atoms with van der Waals surface area (Å²) in [4.78, 5) is 18.0. The zero-order chi connectivity index (χ0) is 29.0. The van der Waals surface area contributed by atoms with Crippen LogP contribution in [0, 0.1) is 13.8 Å². The number of aryl methyl sites for hydroxylation is 2. The normalized spacial score (nSPS) is 14.3. The molecule has 0 unspecified atom stereocenters. The molecule has 0 N–H and O–H groups in total. The Morgan fingerprint density at radius 1 is 0.805 bits per heavy atom. The summed E-state index contributed by atoms with van der Waals surface area (Å²) in [6.45, 7) is 5.75. The molecule has 5 rings (SSSR count). The van der Waals surface area contributed by atoms with Crippen molar-refractivity contribution in [2.75, 3.05) is 37.0 Å². The fraction of sp³-hybridized carbons (Fsp3) is 0.242. The Morgan fingerprint density at radius 3 is 1.93 bits per heavy atom. The third-order valence-electron chi connectivity index (χ3n) is 7.59. The van der Waals surface area contributed by atoms with Gasteiger partial charge in [-0.15, -0.1) is 0 Å². The van der Waals surface area contributed by atoms with Crippen molar-refractivity contribution in [2.24, 2.45) is 0 Å². The molecule has 1 heterocycles. The fourth-order valence-electron chi connectivity index (χ4n) is 5.33. The molecular formula is C33H34ClN3O3S. The van der Waals surface area contributed by atoms with Crippen LogP contribution in [0.15, 0.2) is 108 Å². The maximum atomic E-state index is 13.9. The number of benzene rings is 4. The van der Waals surface area contributed by atoms with E-state index in [4.69, 9.17) is 11.6 Å². The van der Waals surface area contributed by atoms with Gasteiger partial charge in [0.1, 0.15) is 6.54 Å². The van der Waals surface area contributed by atoms with Gasteiger partial charge in [0.15, 0.2) is 0 Å². The Hall–Kier alpha value is -3.65. The summed E-state index contributed by atoms with van der Waals surface area (Å²) in [7, 11) is -4.02. The number of sulfonamides is 1. The summed E-state index contributed by atoms with van der Waals surface area (Å²) in [6.07, 6.45) is 0. The van der Waals surface area contributed by atoms with Gasteiger partial charge in [0.2, 0.25) is 5.91 Å². The Balaban J connectivity index is 1.37. The van der Waals surface area contributed by atoms with Crippen LogP contribution in [0.3, 0.4) is 0 Å². The second-order valence-corrected chi connectivity index (χ2v) is 12.7. The van der Waals surface area contributed by atoms with Gasteiger partial charge in [-0.25, -0.2) is 8.42 Å². The minimum atomic E-state index is -4.02. The molecule has 0 aliphatic carbocycles. The lowest BCUT2D eigenvalue weighted by Crippen LogP contribution is -2.52. The number of piperazine rings is 1. The minimum absolute atomic E-state index is 0.0715. The second kappa shape index (κ2) is 12.5. The van der Waals surface area contributed by atoms with Gasteiger partial charge in [-0.2, -0.15) is 0 Å². The Bertz CT molecular complexity index is 1550. The van der Waals surface area contributed by atoms with Crippen LogP contribution in [0.1, 0.15) is 28.3 Å². The SMILES string of the molecule is Cc1ccc(S(=O)(=O)N(CC(=O)N2CCN(C(c3ccccc3)c3ccccc3)CC2)c2cc(Cl)ccc2C)cc1. The lowest BCUT2D eigenvalue weighted by Gasteiger charge is -2.40. The van der Waals surface area contributed by atoms with Gasteiger partial charge < -0.3 is 4.90 Å². The van der Waals surface area contributed by atoms with Crippen molar-refractivity contribution in [2.45, 2.75) is 24.8 Å². The predicted octanol–water partition coefficient (Wildman–Crippen LogP) is 6.09. The van der Waals surface area contributed by atoms with Crippen LogP contribution in [0.5, 0.6) is 0 Å². The molecular weight excluding hydrogens is 554 g/mol. The highest BCUT2D eigenvalue weighted by atomic mass is 35.5. The van der Waals surface area contributed by atoms with Crippen LogP contribution < -0.4 is 4.31 Å². The number of amides is 1. The third kappa shape index (κ3) is 6.48. The first-order valence-electron chi connectivity index (χ1n) is 13.7. The summed E-state index contributed by atoms with van der Waals surface area (Å²) >= 11 is 6.29. The van der Waals surface area contributed by atoms with Gasteiger partial charge >= 0.3 is 0 Å². The first kappa shape index (κ1) is 28.9. The topological polar surface area (TPSA) is 60.9 Å².